The minimum Gasteiger partial charge on any atom is -0.463 e. The van der Waals surface area contributed by atoms with Crippen LogP contribution in [0.25, 0.3) is 0 Å². The largest absolute Gasteiger partial charge is 0.463 e. The number of hydrogen-bond acceptors (Lipinski definition) is 13. The molecule has 272 valence electrons. The Morgan fingerprint density at radius 1 is 1.04 bits per heavy atom. The lowest BCUT2D eigenvalue weighted by molar-refractivity contribution is -0.151. The molecule has 0 aromatic heterocycles. The van der Waals surface area contributed by atoms with Crippen LogP contribution in [0, 0.1) is 11.8 Å². The summed E-state index contributed by atoms with van der Waals surface area (Å²) >= 11 is 0. The number of benzene rings is 2. The van der Waals surface area contributed by atoms with Crippen LogP contribution in [0.3, 0.4) is 0 Å². The number of nitrogens with one attached hydrogen (secondary N) is 3. The Kier molecular flexibility index (Phi) is 15.3. The van der Waals surface area contributed by atoms with Crippen LogP contribution in [0.15, 0.2) is 54.6 Å². The monoisotopic (exact) mass is 706 g/mol. The molecule has 1 amide bonds. The second kappa shape index (κ2) is 19.4. The van der Waals surface area contributed by atoms with Crippen LogP contribution >= 0.6 is 7.60 Å². The molecule has 4 rings (SSSR count). The summed E-state index contributed by atoms with van der Waals surface area (Å²) < 4.78 is 46.4. The van der Waals surface area contributed by atoms with E-state index >= 15 is 0 Å². The van der Waals surface area contributed by atoms with E-state index in [1.54, 1.807) is 37.3 Å². The van der Waals surface area contributed by atoms with Gasteiger partial charge in [0.05, 0.1) is 44.0 Å². The number of carbonyl (C=O) groups excluding carboxylic acids is 2. The number of amides is 1. The highest BCUT2D eigenvalue weighted by atomic mass is 31.2. The summed E-state index contributed by atoms with van der Waals surface area (Å²) in [6.45, 7) is 8.49. The quantitative estimate of drug-likeness (QED) is 0.0586. The van der Waals surface area contributed by atoms with Gasteiger partial charge in [0.15, 0.2) is 6.29 Å². The smallest absolute Gasteiger partial charge is 0.407 e. The fraction of sp³-hybridized carbons (Fsp3) is 0.588. The Hall–Kier alpha value is -3.07. The van der Waals surface area contributed by atoms with Gasteiger partial charge in [0.25, 0.3) is 0 Å². The fourth-order valence-electron chi connectivity index (χ4n) is 5.51. The van der Waals surface area contributed by atoms with Crippen LogP contribution in [-0.4, -0.2) is 93.6 Å². The average Bonchev–Trinajstić information content (AvgIpc) is 3.69. The zero-order chi connectivity index (χ0) is 35.2. The van der Waals surface area contributed by atoms with Crippen LogP contribution in [0.1, 0.15) is 38.3 Å². The zero-order valence-corrected chi connectivity index (χ0v) is 29.3. The van der Waals surface area contributed by atoms with Crippen molar-refractivity contribution in [3.63, 3.8) is 0 Å². The molecule has 2 aliphatic rings. The summed E-state index contributed by atoms with van der Waals surface area (Å²) in [5.74, 6) is -0.0847. The SMILES string of the molecule is CCOC(=O)[C@H](N)OP(=O)(CCNCc1ccc(C[C@H](NC(=O)O[C@H]2COC3OCCC32)[C@H](O)CNCC(C)C)cc1)Oc1ccccc1. The number of para-hydroxylation sites is 1. The van der Waals surface area contributed by atoms with E-state index in [2.05, 4.69) is 29.8 Å². The van der Waals surface area contributed by atoms with Crippen molar-refractivity contribution in [1.29, 1.82) is 0 Å². The maximum absolute atomic E-state index is 13.6. The molecule has 2 fully saturated rings. The van der Waals surface area contributed by atoms with Gasteiger partial charge in [0.1, 0.15) is 11.9 Å². The number of ether oxygens (including phenoxy) is 4. The third-order valence-corrected chi connectivity index (χ3v) is 9.88. The van der Waals surface area contributed by atoms with Gasteiger partial charge in [-0.25, -0.2) is 14.2 Å². The number of aliphatic hydroxyl groups is 1. The normalized spacial score (nSPS) is 21.7. The van der Waals surface area contributed by atoms with Gasteiger partial charge in [-0.1, -0.05) is 56.3 Å². The maximum atomic E-state index is 13.6. The molecule has 15 heteroatoms. The molecule has 0 bridgehead atoms. The Labute approximate surface area is 288 Å². The number of aliphatic hydroxyl groups excluding tert-OH is 1. The van der Waals surface area contributed by atoms with Crippen LogP contribution in [0.2, 0.25) is 0 Å². The lowest BCUT2D eigenvalue weighted by atomic mass is 10.00. The van der Waals surface area contributed by atoms with E-state index in [-0.39, 0.29) is 38.1 Å². The minimum atomic E-state index is -3.85. The lowest BCUT2D eigenvalue weighted by Gasteiger charge is -2.26. The molecule has 14 nitrogen and oxygen atoms in total. The van der Waals surface area contributed by atoms with E-state index in [1.165, 1.54) is 0 Å². The van der Waals surface area contributed by atoms with Crippen molar-refractivity contribution in [1.82, 2.24) is 16.0 Å². The Balaban J connectivity index is 1.30. The Morgan fingerprint density at radius 3 is 2.49 bits per heavy atom. The summed E-state index contributed by atoms with van der Waals surface area (Å²) in [6, 6.07) is 15.7. The van der Waals surface area contributed by atoms with Gasteiger partial charge in [-0.05, 0) is 55.5 Å². The number of esters is 1. The molecule has 6 N–H and O–H groups in total. The van der Waals surface area contributed by atoms with E-state index in [1.807, 2.05) is 24.3 Å². The van der Waals surface area contributed by atoms with Crippen molar-refractivity contribution in [2.24, 2.45) is 17.6 Å². The standard InChI is InChI=1S/C34H51N4O10P/c1-4-43-32(40)31(35)48-49(42,47-26-8-6-5-7-9-26)17-15-36-20-25-12-10-24(11-13-25)18-28(29(39)21-37-19-23(2)3)38-34(41)46-30-22-45-33-27(30)14-16-44-33/h5-13,23,27-31,33,36-37,39H,4,14-22,35H2,1-3H3,(H,38,41)/t27?,28-,29+,30-,31+,33?,49?/m0/s1. The molecule has 2 aliphatic heterocycles. The molecule has 2 saturated heterocycles. The molecule has 49 heavy (non-hydrogen) atoms. The molecule has 3 unspecified atom stereocenters. The highest BCUT2D eigenvalue weighted by molar-refractivity contribution is 7.54. The van der Waals surface area contributed by atoms with Crippen molar-refractivity contribution >= 4 is 19.7 Å². The van der Waals surface area contributed by atoms with Crippen LogP contribution in [-0.2, 0) is 45.8 Å². The van der Waals surface area contributed by atoms with Crippen molar-refractivity contribution in [2.45, 2.75) is 70.9 Å². The highest BCUT2D eigenvalue weighted by Crippen LogP contribution is 2.48. The molecule has 2 heterocycles. The first-order valence-corrected chi connectivity index (χ1v) is 18.6. The highest BCUT2D eigenvalue weighted by Gasteiger charge is 2.44. The van der Waals surface area contributed by atoms with E-state index in [4.69, 9.17) is 33.7 Å². The summed E-state index contributed by atoms with van der Waals surface area (Å²) in [5, 5.41) is 20.4. The van der Waals surface area contributed by atoms with Crippen molar-refractivity contribution in [3.05, 3.63) is 65.7 Å². The van der Waals surface area contributed by atoms with E-state index in [9.17, 15) is 19.3 Å². The summed E-state index contributed by atoms with van der Waals surface area (Å²) in [6.07, 6.45) is -2.65. The topological polar surface area (TPSA) is 189 Å². The number of carbonyl (C=O) groups is 2. The Morgan fingerprint density at radius 2 is 1.78 bits per heavy atom. The van der Waals surface area contributed by atoms with Crippen molar-refractivity contribution < 1.29 is 47.3 Å². The molecule has 2 aromatic carbocycles. The van der Waals surface area contributed by atoms with E-state index in [0.717, 1.165) is 24.1 Å². The second-order valence-corrected chi connectivity index (χ2v) is 14.6. The first-order chi connectivity index (χ1) is 23.5. The number of hydrogen-bond donors (Lipinski definition) is 5. The predicted octanol–water partition coefficient (Wildman–Crippen LogP) is 2.92. The Bertz CT molecular complexity index is 1350. The minimum absolute atomic E-state index is 0.0148. The van der Waals surface area contributed by atoms with Gasteiger partial charge >= 0.3 is 19.7 Å². The molecule has 0 spiro atoms. The van der Waals surface area contributed by atoms with Gasteiger partial charge in [0.2, 0.25) is 6.23 Å². The molecule has 7 atom stereocenters. The fourth-order valence-corrected chi connectivity index (χ4v) is 7.06. The van der Waals surface area contributed by atoms with Crippen LogP contribution in [0.5, 0.6) is 5.75 Å². The number of nitrogens with two attached hydrogens (primary N) is 1. The second-order valence-electron chi connectivity index (χ2n) is 12.6. The van der Waals surface area contributed by atoms with E-state index < -0.39 is 44.1 Å². The predicted molar refractivity (Wildman–Crippen MR) is 182 cm³/mol. The summed E-state index contributed by atoms with van der Waals surface area (Å²) in [4.78, 5) is 25.0. The first kappa shape index (κ1) is 38.7. The summed E-state index contributed by atoms with van der Waals surface area (Å²) in [7, 11) is -3.85. The van der Waals surface area contributed by atoms with Crippen molar-refractivity contribution in [2.75, 3.05) is 45.6 Å². The maximum Gasteiger partial charge on any atom is 0.407 e. The first-order valence-electron chi connectivity index (χ1n) is 16.9. The van der Waals surface area contributed by atoms with Gasteiger partial charge < -0.3 is 44.5 Å². The van der Waals surface area contributed by atoms with Gasteiger partial charge in [-0.15, -0.1) is 0 Å². The van der Waals surface area contributed by atoms with Gasteiger partial charge in [0, 0.05) is 19.6 Å². The lowest BCUT2D eigenvalue weighted by Crippen LogP contribution is -2.50. The molecular weight excluding hydrogens is 655 g/mol. The molecule has 0 aliphatic carbocycles. The van der Waals surface area contributed by atoms with Gasteiger partial charge in [-0.3, -0.25) is 10.3 Å². The molecular formula is C34H51N4O10P. The molecule has 2 aromatic rings. The third kappa shape index (κ3) is 12.6. The number of fused-ring (bicyclic) bond motifs is 1. The third-order valence-electron chi connectivity index (χ3n) is 8.07. The molecule has 0 saturated carbocycles. The van der Waals surface area contributed by atoms with E-state index in [0.29, 0.717) is 37.8 Å². The summed E-state index contributed by atoms with van der Waals surface area (Å²) in [5.41, 5.74) is 7.65. The van der Waals surface area contributed by atoms with Gasteiger partial charge in [-0.2, -0.15) is 0 Å². The van der Waals surface area contributed by atoms with Crippen LogP contribution in [0.4, 0.5) is 4.79 Å². The zero-order valence-electron chi connectivity index (χ0n) is 28.5. The van der Waals surface area contributed by atoms with Crippen LogP contribution < -0.4 is 26.2 Å². The average molecular weight is 707 g/mol. The van der Waals surface area contributed by atoms with Crippen molar-refractivity contribution in [3.8, 4) is 5.75 Å². The number of rotatable bonds is 20. The molecule has 0 radical (unpaired) electrons. The number of alkyl carbamates (subject to hydrolysis) is 1.